The molecule has 2 fully saturated rings. The number of aryl methyl sites for hydroxylation is 2. The summed E-state index contributed by atoms with van der Waals surface area (Å²) in [6.07, 6.45) is 2.62. The number of nitrogens with one attached hydrogen (secondary N) is 4. The maximum atomic E-state index is 12.2. The molecule has 0 bridgehead atoms. The van der Waals surface area contributed by atoms with Crippen LogP contribution in [0, 0.1) is 13.8 Å². The summed E-state index contributed by atoms with van der Waals surface area (Å²) in [7, 11) is 0. The molecule has 2 atom stereocenters. The van der Waals surface area contributed by atoms with E-state index in [1.54, 1.807) is 0 Å². The van der Waals surface area contributed by atoms with E-state index in [4.69, 9.17) is 0 Å². The highest BCUT2D eigenvalue weighted by molar-refractivity contribution is 8.00. The highest BCUT2D eigenvalue weighted by Crippen LogP contribution is 2.20. The Morgan fingerprint density at radius 2 is 1.85 bits per heavy atom. The molecule has 1 heterocycles. The molecule has 1 saturated heterocycles. The Balaban J connectivity index is 1.45. The van der Waals surface area contributed by atoms with Gasteiger partial charge >= 0.3 is 0 Å². The van der Waals surface area contributed by atoms with Crippen molar-refractivity contribution in [1.82, 2.24) is 16.0 Å². The normalized spacial score (nSPS) is 22.1. The summed E-state index contributed by atoms with van der Waals surface area (Å²) in [6, 6.07) is 5.99. The fraction of sp³-hybridized carbons (Fsp3) is 0.526. The summed E-state index contributed by atoms with van der Waals surface area (Å²) in [6.45, 7) is 3.97. The van der Waals surface area contributed by atoms with Crippen LogP contribution in [0.5, 0.6) is 0 Å². The van der Waals surface area contributed by atoms with Gasteiger partial charge in [0.05, 0.1) is 5.75 Å². The largest absolute Gasteiger partial charge is 0.353 e. The van der Waals surface area contributed by atoms with Crippen LogP contribution in [0.2, 0.25) is 0 Å². The predicted molar refractivity (Wildman–Crippen MR) is 106 cm³/mol. The third kappa shape index (κ3) is 6.55. The average molecular weight is 391 g/mol. The topological polar surface area (TPSA) is 99.3 Å². The second kappa shape index (κ2) is 8.75. The number of hydrogen-bond donors (Lipinski definition) is 4. The molecule has 27 heavy (non-hydrogen) atoms. The van der Waals surface area contributed by atoms with E-state index >= 15 is 0 Å². The molecule has 0 spiro atoms. The first-order valence-corrected chi connectivity index (χ1v) is 10.3. The molecule has 3 rings (SSSR count). The Morgan fingerprint density at radius 1 is 1.15 bits per heavy atom. The van der Waals surface area contributed by atoms with Gasteiger partial charge in [-0.25, -0.2) is 0 Å². The van der Waals surface area contributed by atoms with Gasteiger partial charge in [-0.2, -0.15) is 0 Å². The minimum Gasteiger partial charge on any atom is -0.353 e. The summed E-state index contributed by atoms with van der Waals surface area (Å²) in [5.41, 5.74) is 2.57. The minimum absolute atomic E-state index is 0.0268. The van der Waals surface area contributed by atoms with Gasteiger partial charge < -0.3 is 16.0 Å². The zero-order chi connectivity index (χ0) is 19.4. The molecule has 2 aliphatic rings. The maximum absolute atomic E-state index is 12.2. The highest BCUT2D eigenvalue weighted by atomic mass is 32.2. The lowest BCUT2D eigenvalue weighted by atomic mass is 10.1. The van der Waals surface area contributed by atoms with Crippen LogP contribution in [0.1, 0.15) is 36.8 Å². The number of anilines is 1. The zero-order valence-electron chi connectivity index (χ0n) is 15.6. The molecular formula is C19H26N4O3S. The molecular weight excluding hydrogens is 364 g/mol. The van der Waals surface area contributed by atoms with Crippen LogP contribution in [-0.2, 0) is 14.4 Å². The lowest BCUT2D eigenvalue weighted by Crippen LogP contribution is -2.56. The van der Waals surface area contributed by atoms with Crippen molar-refractivity contribution in [2.75, 3.05) is 11.1 Å². The number of amides is 3. The number of carbonyl (C=O) groups excluding carboxylic acids is 3. The van der Waals surface area contributed by atoms with E-state index in [0.717, 1.165) is 29.7 Å². The maximum Gasteiger partial charge on any atom is 0.234 e. The van der Waals surface area contributed by atoms with Crippen LogP contribution in [0.4, 0.5) is 5.69 Å². The molecule has 0 aromatic heterocycles. The fourth-order valence-electron chi connectivity index (χ4n) is 3.11. The van der Waals surface area contributed by atoms with Gasteiger partial charge in [-0.3, -0.25) is 19.7 Å². The molecule has 1 aromatic rings. The molecule has 1 aromatic carbocycles. The van der Waals surface area contributed by atoms with E-state index in [2.05, 4.69) is 21.3 Å². The van der Waals surface area contributed by atoms with E-state index in [1.807, 2.05) is 32.0 Å². The van der Waals surface area contributed by atoms with Gasteiger partial charge in [0.25, 0.3) is 0 Å². The van der Waals surface area contributed by atoms with E-state index in [0.29, 0.717) is 6.04 Å². The standard InChI is InChI=1S/C19H26N4O3S/c1-11-5-12(2)7-14(6-11)21-18(26)10-27-19-22-15(9-17(25)23-19)8-16(24)20-13-3-4-13/h5-7,13,15,19,22H,3-4,8-10H2,1-2H3,(H,20,24)(H,21,26)(H,23,25). The summed E-state index contributed by atoms with van der Waals surface area (Å²) in [5.74, 6) is -0.0628. The molecule has 7 nitrogen and oxygen atoms in total. The van der Waals surface area contributed by atoms with Crippen LogP contribution in [-0.4, -0.2) is 41.1 Å². The van der Waals surface area contributed by atoms with Gasteiger partial charge in [-0.1, -0.05) is 6.07 Å². The first-order valence-electron chi connectivity index (χ1n) is 9.22. The monoisotopic (exact) mass is 390 g/mol. The van der Waals surface area contributed by atoms with Crippen molar-refractivity contribution < 1.29 is 14.4 Å². The van der Waals surface area contributed by atoms with Crippen molar-refractivity contribution in [2.24, 2.45) is 0 Å². The van der Waals surface area contributed by atoms with Gasteiger partial charge in [0.1, 0.15) is 5.50 Å². The fourth-order valence-corrected chi connectivity index (χ4v) is 4.00. The first kappa shape index (κ1) is 19.7. The van der Waals surface area contributed by atoms with E-state index in [9.17, 15) is 14.4 Å². The number of rotatable bonds is 7. The first-order chi connectivity index (χ1) is 12.9. The Hall–Kier alpha value is -2.06. The van der Waals surface area contributed by atoms with Crippen LogP contribution < -0.4 is 21.3 Å². The Morgan fingerprint density at radius 3 is 2.52 bits per heavy atom. The summed E-state index contributed by atoms with van der Waals surface area (Å²) in [5, 5.41) is 11.9. The van der Waals surface area contributed by atoms with Crippen molar-refractivity contribution in [3.8, 4) is 0 Å². The van der Waals surface area contributed by atoms with Gasteiger partial charge in [-0.05, 0) is 49.9 Å². The SMILES string of the molecule is Cc1cc(C)cc(NC(=O)CSC2NC(=O)CC(CC(=O)NC3CC3)N2)c1. The van der Waals surface area contributed by atoms with Crippen LogP contribution >= 0.6 is 11.8 Å². The predicted octanol–water partition coefficient (Wildman–Crippen LogP) is 1.41. The molecule has 4 N–H and O–H groups in total. The molecule has 0 radical (unpaired) electrons. The molecule has 8 heteroatoms. The zero-order valence-corrected chi connectivity index (χ0v) is 16.4. The molecule has 1 aliphatic carbocycles. The smallest absolute Gasteiger partial charge is 0.234 e. The van der Waals surface area contributed by atoms with Gasteiger partial charge in [0.2, 0.25) is 17.7 Å². The Labute approximate surface area is 163 Å². The second-order valence-corrected chi connectivity index (χ2v) is 8.39. The third-order valence-electron chi connectivity index (χ3n) is 4.37. The Bertz CT molecular complexity index is 715. The molecule has 3 amide bonds. The lowest BCUT2D eigenvalue weighted by Gasteiger charge is -2.30. The quantitative estimate of drug-likeness (QED) is 0.564. The molecule has 2 unspecified atom stereocenters. The van der Waals surface area contributed by atoms with E-state index in [1.165, 1.54) is 11.8 Å². The van der Waals surface area contributed by atoms with Crippen LogP contribution in [0.25, 0.3) is 0 Å². The van der Waals surface area contributed by atoms with Crippen LogP contribution in [0.3, 0.4) is 0 Å². The van der Waals surface area contributed by atoms with E-state index < -0.39 is 0 Å². The van der Waals surface area contributed by atoms with E-state index in [-0.39, 0.29) is 47.9 Å². The van der Waals surface area contributed by atoms with Crippen molar-refractivity contribution >= 4 is 35.2 Å². The van der Waals surface area contributed by atoms with Crippen molar-refractivity contribution in [3.63, 3.8) is 0 Å². The molecule has 146 valence electrons. The third-order valence-corrected chi connectivity index (χ3v) is 5.39. The summed E-state index contributed by atoms with van der Waals surface area (Å²) in [4.78, 5) is 36.1. The minimum atomic E-state index is -0.380. The summed E-state index contributed by atoms with van der Waals surface area (Å²) >= 11 is 1.31. The van der Waals surface area contributed by atoms with Crippen LogP contribution in [0.15, 0.2) is 18.2 Å². The average Bonchev–Trinajstić information content (AvgIpc) is 3.35. The van der Waals surface area contributed by atoms with Gasteiger partial charge in [0.15, 0.2) is 0 Å². The number of hydrogen-bond acceptors (Lipinski definition) is 5. The number of carbonyl (C=O) groups is 3. The van der Waals surface area contributed by atoms with Gasteiger partial charge in [0, 0.05) is 30.6 Å². The lowest BCUT2D eigenvalue weighted by molar-refractivity contribution is -0.125. The van der Waals surface area contributed by atoms with Crippen molar-refractivity contribution in [2.45, 2.75) is 57.1 Å². The highest BCUT2D eigenvalue weighted by Gasteiger charge is 2.30. The van der Waals surface area contributed by atoms with Crippen molar-refractivity contribution in [3.05, 3.63) is 29.3 Å². The Kier molecular flexibility index (Phi) is 6.38. The second-order valence-electron chi connectivity index (χ2n) is 7.30. The molecule has 1 saturated carbocycles. The van der Waals surface area contributed by atoms with Crippen molar-refractivity contribution in [1.29, 1.82) is 0 Å². The number of benzene rings is 1. The number of thioether (sulfide) groups is 1. The summed E-state index contributed by atoms with van der Waals surface area (Å²) < 4.78 is 0. The van der Waals surface area contributed by atoms with Gasteiger partial charge in [-0.15, -0.1) is 11.8 Å². The molecule has 1 aliphatic heterocycles.